The van der Waals surface area contributed by atoms with Crippen LogP contribution in [0.2, 0.25) is 0 Å². The molecule has 2 aromatic carbocycles. The third-order valence-electron chi connectivity index (χ3n) is 7.10. The summed E-state index contributed by atoms with van der Waals surface area (Å²) < 4.78 is 75.9. The van der Waals surface area contributed by atoms with Gasteiger partial charge in [-0.05, 0) is 61.9 Å². The summed E-state index contributed by atoms with van der Waals surface area (Å²) in [6.07, 6.45) is 0.131. The highest BCUT2D eigenvalue weighted by molar-refractivity contribution is 5.84. The fraction of sp³-hybridized carbons (Fsp3) is 0.379. The maximum Gasteiger partial charge on any atom is 0.303 e. The van der Waals surface area contributed by atoms with Crippen LogP contribution < -0.4 is 4.74 Å². The third-order valence-corrected chi connectivity index (χ3v) is 7.10. The maximum absolute atomic E-state index is 15.5. The van der Waals surface area contributed by atoms with Crippen LogP contribution in [0.3, 0.4) is 0 Å². The molecule has 1 fully saturated rings. The van der Waals surface area contributed by atoms with E-state index in [0.29, 0.717) is 48.6 Å². The number of hydrogen-bond donors (Lipinski definition) is 1. The van der Waals surface area contributed by atoms with Gasteiger partial charge in [-0.1, -0.05) is 11.8 Å². The molecule has 39 heavy (non-hydrogen) atoms. The number of aromatic nitrogens is 1. The molecule has 10 heteroatoms. The number of carboxylic acid groups (broad SMARTS) is 1. The predicted molar refractivity (Wildman–Crippen MR) is 135 cm³/mol. The number of alkyl halides is 1. The molecule has 1 N–H and O–H groups in total. The number of methoxy groups -OCH3 is 1. The van der Waals surface area contributed by atoms with E-state index in [-0.39, 0.29) is 36.8 Å². The average molecular weight is 547 g/mol. The molecule has 0 bridgehead atoms. The van der Waals surface area contributed by atoms with Gasteiger partial charge in [-0.15, -0.1) is 0 Å². The number of benzene rings is 2. The van der Waals surface area contributed by atoms with Crippen molar-refractivity contribution in [3.63, 3.8) is 0 Å². The summed E-state index contributed by atoms with van der Waals surface area (Å²) in [5.74, 6) is -0.104. The molecule has 4 rings (SSSR count). The maximum atomic E-state index is 15.5. The molecule has 1 aliphatic heterocycles. The van der Waals surface area contributed by atoms with E-state index in [0.717, 1.165) is 12.3 Å². The number of aliphatic carboxylic acids is 1. The van der Waals surface area contributed by atoms with E-state index in [1.54, 1.807) is 18.2 Å². The van der Waals surface area contributed by atoms with Gasteiger partial charge in [0, 0.05) is 30.0 Å². The third kappa shape index (κ3) is 6.84. The Kier molecular flexibility index (Phi) is 9.02. The number of carboxylic acids is 1. The molecular formula is C29H27F5N2O3. The molecular weight excluding hydrogens is 519 g/mol. The highest BCUT2D eigenvalue weighted by atomic mass is 19.2. The fourth-order valence-corrected chi connectivity index (χ4v) is 5.15. The number of likely N-dealkylation sites (tertiary alicyclic amines) is 1. The number of carbonyl (C=O) groups is 1. The molecule has 0 spiro atoms. The predicted octanol–water partition coefficient (Wildman–Crippen LogP) is 6.06. The second-order valence-electron chi connectivity index (χ2n) is 9.64. The molecule has 206 valence electrons. The van der Waals surface area contributed by atoms with Crippen molar-refractivity contribution in [2.45, 2.75) is 31.9 Å². The Morgan fingerprint density at radius 1 is 1.18 bits per heavy atom. The lowest BCUT2D eigenvalue weighted by Gasteiger charge is -2.37. The minimum absolute atomic E-state index is 0.00174. The van der Waals surface area contributed by atoms with Gasteiger partial charge in [0.15, 0.2) is 11.6 Å². The van der Waals surface area contributed by atoms with E-state index in [4.69, 9.17) is 4.74 Å². The minimum atomic E-state index is -1.63. The highest BCUT2D eigenvalue weighted by Gasteiger charge is 2.31. The summed E-state index contributed by atoms with van der Waals surface area (Å²) in [5, 5.41) is 9.76. The summed E-state index contributed by atoms with van der Waals surface area (Å²) in [7, 11) is 1.46. The number of rotatable bonds is 8. The smallest absolute Gasteiger partial charge is 0.303 e. The quantitative estimate of drug-likeness (QED) is 0.212. The van der Waals surface area contributed by atoms with Crippen LogP contribution in [0.1, 0.15) is 43.0 Å². The zero-order chi connectivity index (χ0) is 28.1. The Morgan fingerprint density at radius 2 is 1.97 bits per heavy atom. The Hall–Kier alpha value is -3.71. The van der Waals surface area contributed by atoms with Crippen LogP contribution in [-0.2, 0) is 4.79 Å². The molecule has 0 radical (unpaired) electrons. The van der Waals surface area contributed by atoms with Gasteiger partial charge in [-0.3, -0.25) is 14.7 Å². The van der Waals surface area contributed by atoms with Crippen LogP contribution in [0.5, 0.6) is 5.75 Å². The molecule has 0 aliphatic carbocycles. The Balaban J connectivity index is 1.43. The van der Waals surface area contributed by atoms with E-state index in [1.165, 1.54) is 7.11 Å². The van der Waals surface area contributed by atoms with Gasteiger partial charge < -0.3 is 9.84 Å². The molecule has 2 heterocycles. The fourth-order valence-electron chi connectivity index (χ4n) is 5.15. The number of pyridine rings is 1. The van der Waals surface area contributed by atoms with Gasteiger partial charge in [-0.2, -0.15) is 0 Å². The number of hydrogen-bond acceptors (Lipinski definition) is 4. The largest absolute Gasteiger partial charge is 0.497 e. The lowest BCUT2D eigenvalue weighted by molar-refractivity contribution is -0.139. The van der Waals surface area contributed by atoms with E-state index >= 15 is 4.39 Å². The van der Waals surface area contributed by atoms with Crippen molar-refractivity contribution in [3.8, 4) is 17.6 Å². The SMILES string of the molecule is COc1ccc2ncc(F)c(C(F)CCC3CCN(CC#Cc4cc(F)cc(F)c4F)CC3CC(=O)O)c2c1. The van der Waals surface area contributed by atoms with Gasteiger partial charge in [-0.25, -0.2) is 22.0 Å². The minimum Gasteiger partial charge on any atom is -0.497 e. The second-order valence-corrected chi connectivity index (χ2v) is 9.64. The summed E-state index contributed by atoms with van der Waals surface area (Å²) in [6.45, 7) is 1.02. The lowest BCUT2D eigenvalue weighted by Crippen LogP contribution is -2.41. The van der Waals surface area contributed by atoms with E-state index in [1.807, 2.05) is 4.90 Å². The van der Waals surface area contributed by atoms with Gasteiger partial charge in [0.1, 0.15) is 23.6 Å². The lowest BCUT2D eigenvalue weighted by atomic mass is 9.79. The number of piperidine rings is 1. The van der Waals surface area contributed by atoms with E-state index in [2.05, 4.69) is 16.8 Å². The molecule has 0 saturated carbocycles. The Bertz CT molecular complexity index is 1420. The Morgan fingerprint density at radius 3 is 2.72 bits per heavy atom. The first kappa shape index (κ1) is 28.3. The molecule has 3 atom stereocenters. The summed E-state index contributed by atoms with van der Waals surface area (Å²) in [4.78, 5) is 17.4. The number of nitrogens with zero attached hydrogens (tertiary/aromatic N) is 2. The first-order valence-corrected chi connectivity index (χ1v) is 12.5. The van der Waals surface area contributed by atoms with Crippen molar-refractivity contribution in [1.82, 2.24) is 9.88 Å². The van der Waals surface area contributed by atoms with Gasteiger partial charge >= 0.3 is 5.97 Å². The van der Waals surface area contributed by atoms with Crippen molar-refractivity contribution in [3.05, 3.63) is 70.9 Å². The van der Waals surface area contributed by atoms with Crippen LogP contribution in [-0.4, -0.2) is 47.7 Å². The van der Waals surface area contributed by atoms with E-state index in [9.17, 15) is 27.5 Å². The second kappa shape index (κ2) is 12.4. The molecule has 1 saturated heterocycles. The van der Waals surface area contributed by atoms with Crippen molar-refractivity contribution < 1.29 is 36.6 Å². The molecule has 1 aliphatic rings. The highest BCUT2D eigenvalue weighted by Crippen LogP contribution is 2.37. The van der Waals surface area contributed by atoms with Crippen molar-refractivity contribution in [2.75, 3.05) is 26.7 Å². The standard InChI is InChI=1S/C29H27F5N2O3/c1-39-21-5-7-26-22(14-21)28(25(33)15-35-26)23(31)6-4-17-8-10-36(16-19(17)12-27(37)38)9-2-3-18-11-20(30)13-24(32)29(18)34/h5,7,11,13-15,17,19,23H,4,6,8-10,12,16H2,1H3,(H,37,38). The summed E-state index contributed by atoms with van der Waals surface area (Å²) in [6, 6.07) is 6.08. The number of ether oxygens (including phenoxy) is 1. The number of halogens is 5. The molecule has 5 nitrogen and oxygen atoms in total. The van der Waals surface area contributed by atoms with Gasteiger partial charge in [0.25, 0.3) is 0 Å². The van der Waals surface area contributed by atoms with Crippen molar-refractivity contribution in [2.24, 2.45) is 11.8 Å². The topological polar surface area (TPSA) is 62.7 Å². The van der Waals surface area contributed by atoms with Crippen LogP contribution in [0.15, 0.2) is 36.5 Å². The van der Waals surface area contributed by atoms with E-state index < -0.39 is 41.0 Å². The monoisotopic (exact) mass is 546 g/mol. The average Bonchev–Trinajstić information content (AvgIpc) is 2.90. The summed E-state index contributed by atoms with van der Waals surface area (Å²) in [5.41, 5.74) is -0.0526. The molecule has 3 aromatic rings. The molecule has 0 amide bonds. The first-order valence-electron chi connectivity index (χ1n) is 12.5. The van der Waals surface area contributed by atoms with Gasteiger partial charge in [0.05, 0.1) is 30.9 Å². The number of fused-ring (bicyclic) bond motifs is 1. The molecule has 1 aromatic heterocycles. The van der Waals surface area contributed by atoms with Crippen LogP contribution in [0.25, 0.3) is 10.9 Å². The Labute approximate surface area is 222 Å². The van der Waals surface area contributed by atoms with Crippen molar-refractivity contribution >= 4 is 16.9 Å². The van der Waals surface area contributed by atoms with Crippen LogP contribution >= 0.6 is 0 Å². The van der Waals surface area contributed by atoms with Crippen molar-refractivity contribution in [1.29, 1.82) is 0 Å². The zero-order valence-electron chi connectivity index (χ0n) is 21.2. The first-order chi connectivity index (χ1) is 18.7. The summed E-state index contributed by atoms with van der Waals surface area (Å²) >= 11 is 0. The van der Waals surface area contributed by atoms with Gasteiger partial charge in [0.2, 0.25) is 0 Å². The molecule has 3 unspecified atom stereocenters. The van der Waals surface area contributed by atoms with Crippen LogP contribution in [0.4, 0.5) is 22.0 Å². The zero-order valence-corrected chi connectivity index (χ0v) is 21.2. The normalized spacial score (nSPS) is 18.4. The van der Waals surface area contributed by atoms with Crippen LogP contribution in [0, 0.1) is 46.9 Å².